The maximum absolute atomic E-state index is 11.7. The molecule has 0 aliphatic heterocycles. The summed E-state index contributed by atoms with van der Waals surface area (Å²) in [4.78, 5) is 11.7. The number of benzene rings is 1. The number of unbranched alkanes of at least 4 members (excludes halogenated alkanes) is 7. The Bertz CT molecular complexity index is 630. The van der Waals surface area contributed by atoms with Crippen molar-refractivity contribution < 1.29 is 19.7 Å². The Morgan fingerprint density at radius 3 is 2.42 bits per heavy atom. The van der Waals surface area contributed by atoms with Gasteiger partial charge in [-0.15, -0.1) is 0 Å². The maximum Gasteiger partial charge on any atom is 0.220 e. The first-order valence-electron chi connectivity index (χ1n) is 12.2. The van der Waals surface area contributed by atoms with Crippen molar-refractivity contribution in [2.75, 3.05) is 13.2 Å². The van der Waals surface area contributed by atoms with Crippen molar-refractivity contribution in [2.45, 2.75) is 110 Å². The first-order chi connectivity index (χ1) is 14.8. The van der Waals surface area contributed by atoms with Crippen molar-refractivity contribution >= 4 is 5.91 Å². The Hall–Kier alpha value is -1.75. The van der Waals surface area contributed by atoms with Crippen molar-refractivity contribution in [3.63, 3.8) is 0 Å². The standard InChI is InChI=1S/C26H45NO4/c1-5-6-7-12-15-26(3,4)22-17-23(29)19-24(18-22)31-16-13-10-8-9-11-14-25(30)27-21(2)20-28/h17-19,21,28-29H,5-16,20H2,1-4H3,(H,27,30)/t21-/m1/s1. The number of nitrogens with one attached hydrogen (secondary N) is 1. The normalized spacial score (nSPS) is 12.5. The molecule has 178 valence electrons. The van der Waals surface area contributed by atoms with Gasteiger partial charge in [0.15, 0.2) is 0 Å². The highest BCUT2D eigenvalue weighted by Crippen LogP contribution is 2.34. The second-order valence-electron chi connectivity index (χ2n) is 9.43. The monoisotopic (exact) mass is 435 g/mol. The van der Waals surface area contributed by atoms with Crippen LogP contribution < -0.4 is 10.1 Å². The van der Waals surface area contributed by atoms with E-state index in [0.717, 1.165) is 49.8 Å². The summed E-state index contributed by atoms with van der Waals surface area (Å²) < 4.78 is 5.92. The first kappa shape index (κ1) is 27.3. The molecule has 1 rings (SSSR count). The van der Waals surface area contributed by atoms with E-state index in [-0.39, 0.29) is 29.7 Å². The highest BCUT2D eigenvalue weighted by Gasteiger charge is 2.21. The van der Waals surface area contributed by atoms with E-state index in [4.69, 9.17) is 9.84 Å². The number of ether oxygens (including phenoxy) is 1. The van der Waals surface area contributed by atoms with Gasteiger partial charge in [0.05, 0.1) is 13.2 Å². The van der Waals surface area contributed by atoms with E-state index < -0.39 is 0 Å². The number of carbonyl (C=O) groups excluding carboxylic acids is 1. The van der Waals surface area contributed by atoms with Gasteiger partial charge in [0.25, 0.3) is 0 Å². The van der Waals surface area contributed by atoms with Crippen LogP contribution in [0.2, 0.25) is 0 Å². The summed E-state index contributed by atoms with van der Waals surface area (Å²) in [7, 11) is 0. The molecule has 1 amide bonds. The third kappa shape index (κ3) is 12.0. The Labute approximate surface area is 189 Å². The molecule has 1 aromatic carbocycles. The number of aliphatic hydroxyl groups is 1. The van der Waals surface area contributed by atoms with Gasteiger partial charge in [-0.3, -0.25) is 4.79 Å². The smallest absolute Gasteiger partial charge is 0.220 e. The van der Waals surface area contributed by atoms with Crippen molar-refractivity contribution in [1.82, 2.24) is 5.32 Å². The minimum atomic E-state index is -0.172. The van der Waals surface area contributed by atoms with Gasteiger partial charge in [0.1, 0.15) is 11.5 Å². The number of aromatic hydroxyl groups is 1. The predicted molar refractivity (Wildman–Crippen MR) is 128 cm³/mol. The fourth-order valence-electron chi connectivity index (χ4n) is 3.70. The zero-order valence-corrected chi connectivity index (χ0v) is 20.2. The molecule has 0 aliphatic carbocycles. The Morgan fingerprint density at radius 1 is 1.03 bits per heavy atom. The number of carbonyl (C=O) groups is 1. The lowest BCUT2D eigenvalue weighted by Gasteiger charge is -2.26. The van der Waals surface area contributed by atoms with Crippen LogP contribution in [-0.2, 0) is 10.2 Å². The Kier molecular flexibility index (Phi) is 13.3. The SMILES string of the molecule is CCCCCCC(C)(C)c1cc(O)cc(OCCCCCCCC(=O)N[C@H](C)CO)c1. The number of rotatable bonds is 17. The lowest BCUT2D eigenvalue weighted by molar-refractivity contribution is -0.122. The van der Waals surface area contributed by atoms with E-state index in [1.54, 1.807) is 13.0 Å². The summed E-state index contributed by atoms with van der Waals surface area (Å²) in [6.45, 7) is 9.10. The van der Waals surface area contributed by atoms with Gasteiger partial charge >= 0.3 is 0 Å². The molecule has 31 heavy (non-hydrogen) atoms. The summed E-state index contributed by atoms with van der Waals surface area (Å²) in [5.41, 5.74) is 1.15. The third-order valence-electron chi connectivity index (χ3n) is 5.83. The molecule has 0 heterocycles. The molecule has 0 bridgehead atoms. The number of hydrogen-bond acceptors (Lipinski definition) is 4. The van der Waals surface area contributed by atoms with Crippen molar-refractivity contribution in [2.24, 2.45) is 0 Å². The molecule has 0 saturated carbocycles. The fourth-order valence-corrected chi connectivity index (χ4v) is 3.70. The van der Waals surface area contributed by atoms with Gasteiger partial charge < -0.3 is 20.3 Å². The summed E-state index contributed by atoms with van der Waals surface area (Å²) in [5.74, 6) is 1.02. The summed E-state index contributed by atoms with van der Waals surface area (Å²) in [6.07, 6.45) is 11.6. The number of hydrogen-bond donors (Lipinski definition) is 3. The van der Waals surface area contributed by atoms with Crippen molar-refractivity contribution in [3.8, 4) is 11.5 Å². The molecule has 5 heteroatoms. The van der Waals surface area contributed by atoms with Crippen LogP contribution in [0.3, 0.4) is 0 Å². The molecule has 0 saturated heterocycles. The first-order valence-corrected chi connectivity index (χ1v) is 12.2. The van der Waals surface area contributed by atoms with Gasteiger partial charge in [-0.1, -0.05) is 65.7 Å². The summed E-state index contributed by atoms with van der Waals surface area (Å²) >= 11 is 0. The number of amides is 1. The van der Waals surface area contributed by atoms with E-state index in [1.807, 2.05) is 6.07 Å². The molecule has 0 aliphatic rings. The summed E-state index contributed by atoms with van der Waals surface area (Å²) in [6, 6.07) is 5.47. The molecular weight excluding hydrogens is 390 g/mol. The maximum atomic E-state index is 11.7. The average molecular weight is 436 g/mol. The number of phenolic OH excluding ortho intramolecular Hbond substituents is 1. The van der Waals surface area contributed by atoms with E-state index in [9.17, 15) is 9.90 Å². The Morgan fingerprint density at radius 2 is 1.71 bits per heavy atom. The van der Waals surface area contributed by atoms with Gasteiger partial charge in [-0.2, -0.15) is 0 Å². The van der Waals surface area contributed by atoms with Crippen LogP contribution in [0.15, 0.2) is 18.2 Å². The highest BCUT2D eigenvalue weighted by molar-refractivity contribution is 5.76. The number of phenols is 1. The quantitative estimate of drug-likeness (QED) is 0.268. The van der Waals surface area contributed by atoms with Crippen LogP contribution in [0.5, 0.6) is 11.5 Å². The van der Waals surface area contributed by atoms with Gasteiger partial charge in [-0.25, -0.2) is 0 Å². The van der Waals surface area contributed by atoms with Crippen LogP contribution >= 0.6 is 0 Å². The molecule has 0 radical (unpaired) electrons. The number of aliphatic hydroxyl groups excluding tert-OH is 1. The van der Waals surface area contributed by atoms with E-state index in [1.165, 1.54) is 25.7 Å². The molecule has 0 spiro atoms. The van der Waals surface area contributed by atoms with Crippen LogP contribution in [-0.4, -0.2) is 35.4 Å². The molecule has 0 fully saturated rings. The predicted octanol–water partition coefficient (Wildman–Crippen LogP) is 5.86. The van der Waals surface area contributed by atoms with E-state index in [0.29, 0.717) is 13.0 Å². The minimum Gasteiger partial charge on any atom is -0.508 e. The molecule has 0 aromatic heterocycles. The lowest BCUT2D eigenvalue weighted by atomic mass is 9.80. The topological polar surface area (TPSA) is 78.8 Å². The highest BCUT2D eigenvalue weighted by atomic mass is 16.5. The van der Waals surface area contributed by atoms with Crippen LogP contribution in [0.4, 0.5) is 0 Å². The van der Waals surface area contributed by atoms with Crippen molar-refractivity contribution in [3.05, 3.63) is 23.8 Å². The van der Waals surface area contributed by atoms with Crippen LogP contribution in [0.25, 0.3) is 0 Å². The summed E-state index contributed by atoms with van der Waals surface area (Å²) in [5, 5.41) is 21.9. The zero-order chi connectivity index (χ0) is 23.1. The average Bonchev–Trinajstić information content (AvgIpc) is 2.72. The molecule has 1 aromatic rings. The molecular formula is C26H45NO4. The second-order valence-corrected chi connectivity index (χ2v) is 9.43. The zero-order valence-electron chi connectivity index (χ0n) is 20.2. The molecule has 3 N–H and O–H groups in total. The van der Waals surface area contributed by atoms with Gasteiger partial charge in [-0.05, 0) is 49.3 Å². The van der Waals surface area contributed by atoms with Gasteiger partial charge in [0.2, 0.25) is 5.91 Å². The van der Waals surface area contributed by atoms with Gasteiger partial charge in [0, 0.05) is 18.5 Å². The third-order valence-corrected chi connectivity index (χ3v) is 5.83. The van der Waals surface area contributed by atoms with Crippen LogP contribution in [0, 0.1) is 0 Å². The Balaban J connectivity index is 2.29. The fraction of sp³-hybridized carbons (Fsp3) is 0.731. The van der Waals surface area contributed by atoms with E-state index in [2.05, 4.69) is 32.2 Å². The molecule has 5 nitrogen and oxygen atoms in total. The van der Waals surface area contributed by atoms with E-state index >= 15 is 0 Å². The molecule has 0 unspecified atom stereocenters. The largest absolute Gasteiger partial charge is 0.508 e. The lowest BCUT2D eigenvalue weighted by Crippen LogP contribution is -2.34. The van der Waals surface area contributed by atoms with Crippen molar-refractivity contribution in [1.29, 1.82) is 0 Å². The van der Waals surface area contributed by atoms with Crippen LogP contribution in [0.1, 0.15) is 104 Å². The minimum absolute atomic E-state index is 0.0119. The second kappa shape index (κ2) is 15.1. The molecule has 1 atom stereocenters.